The molecule has 22 heavy (non-hydrogen) atoms. The fourth-order valence-corrected chi connectivity index (χ4v) is 2.17. The molecule has 5 heteroatoms. The third kappa shape index (κ3) is 4.23. The number of methoxy groups -OCH3 is 1. The molecule has 5 nitrogen and oxygen atoms in total. The zero-order chi connectivity index (χ0) is 15.8. The smallest absolute Gasteiger partial charge is 0.169 e. The second-order valence-electron chi connectivity index (χ2n) is 5.34. The van der Waals surface area contributed by atoms with E-state index in [1.165, 1.54) is 0 Å². The Kier molecular flexibility index (Phi) is 6.25. The van der Waals surface area contributed by atoms with Gasteiger partial charge in [0.2, 0.25) is 0 Å². The number of anilines is 2. The molecule has 0 radical (unpaired) electrons. The van der Waals surface area contributed by atoms with Crippen molar-refractivity contribution in [1.82, 2.24) is 9.97 Å². The highest BCUT2D eigenvalue weighted by Crippen LogP contribution is 2.24. The van der Waals surface area contributed by atoms with Crippen LogP contribution in [-0.2, 0) is 0 Å². The van der Waals surface area contributed by atoms with Gasteiger partial charge in [-0.1, -0.05) is 26.7 Å². The number of unbranched alkanes of at least 4 members (excludes halogenated alkanes) is 2. The summed E-state index contributed by atoms with van der Waals surface area (Å²) >= 11 is 0. The van der Waals surface area contributed by atoms with E-state index in [9.17, 15) is 0 Å². The minimum atomic E-state index is 0.799. The molecule has 0 amide bonds. The lowest BCUT2D eigenvalue weighted by Gasteiger charge is -2.13. The molecule has 0 spiro atoms. The summed E-state index contributed by atoms with van der Waals surface area (Å²) in [6.07, 6.45) is 4.55. The molecular weight excluding hydrogens is 276 g/mol. The van der Waals surface area contributed by atoms with Gasteiger partial charge >= 0.3 is 0 Å². The average molecular weight is 302 g/mol. The highest BCUT2D eigenvalue weighted by Gasteiger charge is 2.09. The molecule has 1 aromatic heterocycles. The second kappa shape index (κ2) is 8.41. The number of ether oxygens (including phenoxy) is 1. The molecule has 120 valence electrons. The van der Waals surface area contributed by atoms with E-state index in [2.05, 4.69) is 24.5 Å². The number of nitrogens with zero attached hydrogens (tertiary/aromatic N) is 2. The minimum absolute atomic E-state index is 0.799. The Labute approximate surface area is 132 Å². The van der Waals surface area contributed by atoms with E-state index in [1.807, 2.05) is 18.2 Å². The van der Waals surface area contributed by atoms with Crippen LogP contribution in [0.2, 0.25) is 0 Å². The molecule has 0 unspecified atom stereocenters. The number of aromatic nitrogens is 2. The van der Waals surface area contributed by atoms with Crippen molar-refractivity contribution in [3.63, 3.8) is 0 Å². The lowest BCUT2D eigenvalue weighted by molar-refractivity contribution is 0.415. The number of nitrogens with one attached hydrogen (secondary N) is 2. The van der Waals surface area contributed by atoms with Gasteiger partial charge in [-0.25, -0.2) is 9.97 Å². The van der Waals surface area contributed by atoms with Crippen LogP contribution in [0.3, 0.4) is 0 Å². The molecule has 2 rings (SSSR count). The fraction of sp³-hybridized carbons (Fsp3) is 0.529. The van der Waals surface area contributed by atoms with Crippen LogP contribution in [-0.4, -0.2) is 30.2 Å². The summed E-state index contributed by atoms with van der Waals surface area (Å²) in [5.41, 5.74) is 1.72. The van der Waals surface area contributed by atoms with Gasteiger partial charge in [0, 0.05) is 19.2 Å². The van der Waals surface area contributed by atoms with E-state index in [1.54, 1.807) is 7.11 Å². The molecular formula is C17H26N4O. The molecule has 0 atom stereocenters. The summed E-state index contributed by atoms with van der Waals surface area (Å²) in [6.45, 7) is 6.18. The molecule has 0 saturated heterocycles. The maximum atomic E-state index is 5.27. The topological polar surface area (TPSA) is 59.1 Å². The molecule has 0 bridgehead atoms. The Morgan fingerprint density at radius 3 is 2.05 bits per heavy atom. The molecule has 2 N–H and O–H groups in total. The third-order valence-corrected chi connectivity index (χ3v) is 3.52. The maximum absolute atomic E-state index is 5.27. The summed E-state index contributed by atoms with van der Waals surface area (Å²) in [4.78, 5) is 9.43. The Morgan fingerprint density at radius 1 is 0.909 bits per heavy atom. The predicted molar refractivity (Wildman–Crippen MR) is 92.9 cm³/mol. The molecule has 0 aliphatic carbocycles. The second-order valence-corrected chi connectivity index (χ2v) is 5.34. The van der Waals surface area contributed by atoms with Gasteiger partial charge in [-0.2, -0.15) is 0 Å². The molecule has 1 aromatic carbocycles. The van der Waals surface area contributed by atoms with Crippen LogP contribution in [0.25, 0.3) is 11.0 Å². The van der Waals surface area contributed by atoms with Crippen LogP contribution in [0.1, 0.15) is 39.5 Å². The van der Waals surface area contributed by atoms with E-state index in [0.29, 0.717) is 0 Å². The SMILES string of the molecule is CCCCNc1nc2ccc(OC)cc2nc1NCCCC. The molecule has 2 aromatic rings. The van der Waals surface area contributed by atoms with E-state index >= 15 is 0 Å². The number of hydrogen-bond donors (Lipinski definition) is 2. The first kappa shape index (κ1) is 16.3. The number of hydrogen-bond acceptors (Lipinski definition) is 5. The van der Waals surface area contributed by atoms with Gasteiger partial charge in [0.15, 0.2) is 11.6 Å². The van der Waals surface area contributed by atoms with Crippen molar-refractivity contribution in [3.05, 3.63) is 18.2 Å². The average Bonchev–Trinajstić information content (AvgIpc) is 2.55. The van der Waals surface area contributed by atoms with Gasteiger partial charge in [-0.05, 0) is 25.0 Å². The van der Waals surface area contributed by atoms with Crippen LogP contribution in [0, 0.1) is 0 Å². The largest absolute Gasteiger partial charge is 0.497 e. The molecule has 0 fully saturated rings. The predicted octanol–water partition coefficient (Wildman–Crippen LogP) is 4.06. The quantitative estimate of drug-likeness (QED) is 0.684. The van der Waals surface area contributed by atoms with Crippen molar-refractivity contribution < 1.29 is 4.74 Å². The first-order valence-corrected chi connectivity index (χ1v) is 8.12. The Morgan fingerprint density at radius 2 is 1.50 bits per heavy atom. The number of benzene rings is 1. The van der Waals surface area contributed by atoms with Crippen molar-refractivity contribution in [2.24, 2.45) is 0 Å². The van der Waals surface area contributed by atoms with Gasteiger partial charge in [0.25, 0.3) is 0 Å². The van der Waals surface area contributed by atoms with E-state index in [4.69, 9.17) is 14.7 Å². The monoisotopic (exact) mass is 302 g/mol. The van der Waals surface area contributed by atoms with Crippen molar-refractivity contribution in [2.45, 2.75) is 39.5 Å². The zero-order valence-electron chi connectivity index (χ0n) is 13.8. The molecule has 0 aliphatic heterocycles. The van der Waals surface area contributed by atoms with Crippen LogP contribution in [0.4, 0.5) is 11.6 Å². The summed E-state index contributed by atoms with van der Waals surface area (Å²) in [6, 6.07) is 5.78. The summed E-state index contributed by atoms with van der Waals surface area (Å²) in [5, 5.41) is 6.79. The van der Waals surface area contributed by atoms with Crippen molar-refractivity contribution >= 4 is 22.7 Å². The van der Waals surface area contributed by atoms with Gasteiger partial charge in [0.05, 0.1) is 18.1 Å². The van der Waals surface area contributed by atoms with Crippen molar-refractivity contribution in [1.29, 1.82) is 0 Å². The maximum Gasteiger partial charge on any atom is 0.169 e. The first-order chi connectivity index (χ1) is 10.8. The van der Waals surface area contributed by atoms with Gasteiger partial charge in [-0.3, -0.25) is 0 Å². The Hall–Kier alpha value is -2.04. The van der Waals surface area contributed by atoms with Gasteiger partial charge in [-0.15, -0.1) is 0 Å². The number of fused-ring (bicyclic) bond motifs is 1. The molecule has 1 heterocycles. The summed E-state index contributed by atoms with van der Waals surface area (Å²) < 4.78 is 5.27. The Bertz CT molecular complexity index is 600. The standard InChI is InChI=1S/C17H26N4O/c1-4-6-10-18-16-17(19-11-7-5-2)21-15-12-13(22-3)8-9-14(15)20-16/h8-9,12H,4-7,10-11H2,1-3H3,(H,18,20)(H,19,21). The fourth-order valence-electron chi connectivity index (χ4n) is 2.17. The molecule has 0 saturated carbocycles. The van der Waals surface area contributed by atoms with Crippen LogP contribution in [0.15, 0.2) is 18.2 Å². The van der Waals surface area contributed by atoms with Crippen LogP contribution >= 0.6 is 0 Å². The van der Waals surface area contributed by atoms with E-state index < -0.39 is 0 Å². The van der Waals surface area contributed by atoms with E-state index in [0.717, 1.165) is 67.2 Å². The lowest BCUT2D eigenvalue weighted by atomic mass is 10.2. The highest BCUT2D eigenvalue weighted by molar-refractivity contribution is 5.81. The zero-order valence-corrected chi connectivity index (χ0v) is 13.8. The van der Waals surface area contributed by atoms with Crippen LogP contribution < -0.4 is 15.4 Å². The minimum Gasteiger partial charge on any atom is -0.497 e. The van der Waals surface area contributed by atoms with E-state index in [-0.39, 0.29) is 0 Å². The van der Waals surface area contributed by atoms with Crippen LogP contribution in [0.5, 0.6) is 5.75 Å². The van der Waals surface area contributed by atoms with Gasteiger partial charge in [0.1, 0.15) is 5.75 Å². The normalized spacial score (nSPS) is 10.7. The summed E-state index contributed by atoms with van der Waals surface area (Å²) in [7, 11) is 1.66. The van der Waals surface area contributed by atoms with Crippen molar-refractivity contribution in [3.8, 4) is 5.75 Å². The third-order valence-electron chi connectivity index (χ3n) is 3.52. The lowest BCUT2D eigenvalue weighted by Crippen LogP contribution is -2.11. The summed E-state index contributed by atoms with van der Waals surface area (Å²) in [5.74, 6) is 2.46. The number of rotatable bonds is 9. The highest BCUT2D eigenvalue weighted by atomic mass is 16.5. The molecule has 0 aliphatic rings. The Balaban J connectivity index is 2.29. The van der Waals surface area contributed by atoms with Crippen molar-refractivity contribution in [2.75, 3.05) is 30.8 Å². The van der Waals surface area contributed by atoms with Gasteiger partial charge < -0.3 is 15.4 Å². The first-order valence-electron chi connectivity index (χ1n) is 8.12.